The van der Waals surface area contributed by atoms with Crippen LogP contribution in [0.3, 0.4) is 0 Å². The van der Waals surface area contributed by atoms with E-state index in [1.54, 1.807) is 36.9 Å². The molecule has 2 heterocycles. The molecule has 9 nitrogen and oxygen atoms in total. The van der Waals surface area contributed by atoms with Gasteiger partial charge < -0.3 is 15.0 Å². The summed E-state index contributed by atoms with van der Waals surface area (Å²) in [6.45, 7) is 0.595. The molecule has 33 heavy (non-hydrogen) atoms. The van der Waals surface area contributed by atoms with E-state index in [-0.39, 0.29) is 24.0 Å². The Balaban J connectivity index is 1.64. The Labute approximate surface area is 199 Å². The molecular formula is C22H25Cl2N5O4. The molecule has 0 radical (unpaired) electrons. The van der Waals surface area contributed by atoms with Crippen molar-refractivity contribution in [1.82, 2.24) is 18.7 Å². The maximum Gasteiger partial charge on any atom is 0.332 e. The monoisotopic (exact) mass is 493 g/mol. The quantitative estimate of drug-likeness (QED) is 0.545. The molecule has 0 amide bonds. The largest absolute Gasteiger partial charge is 0.481 e. The lowest BCUT2D eigenvalue weighted by atomic mass is 9.81. The standard InChI is InChI=1S/C22H25Cl2N5O4/c1-27-17-18(26-21(27)25-10-12-4-3-5-14(8-12)20(31)32)28(2)22(33)29(19(17)30)11-13-6-7-15(23)16(24)9-13/h6-7,9,12,14H,3-5,8,10-11H2,1-2H3,(H,25,26)(H,31,32)/t12?,14-/m1/s1. The third-order valence-corrected chi connectivity index (χ3v) is 7.10. The molecule has 1 aliphatic rings. The lowest BCUT2D eigenvalue weighted by molar-refractivity contribution is -0.143. The first-order chi connectivity index (χ1) is 15.7. The molecule has 1 aliphatic carbocycles. The number of nitrogens with zero attached hydrogens (tertiary/aromatic N) is 4. The number of nitrogens with one attached hydrogen (secondary N) is 1. The second-order valence-corrected chi connectivity index (χ2v) is 9.41. The van der Waals surface area contributed by atoms with E-state index >= 15 is 0 Å². The zero-order valence-corrected chi connectivity index (χ0v) is 19.9. The van der Waals surface area contributed by atoms with E-state index < -0.39 is 17.2 Å². The number of aliphatic carboxylic acids is 1. The second-order valence-electron chi connectivity index (χ2n) is 8.60. The van der Waals surface area contributed by atoms with Crippen LogP contribution in [0, 0.1) is 11.8 Å². The molecule has 4 rings (SSSR count). The Kier molecular flexibility index (Phi) is 6.54. The average Bonchev–Trinajstić information content (AvgIpc) is 3.12. The molecule has 11 heteroatoms. The van der Waals surface area contributed by atoms with Gasteiger partial charge in [0, 0.05) is 20.6 Å². The molecular weight excluding hydrogens is 469 g/mol. The first kappa shape index (κ1) is 23.4. The van der Waals surface area contributed by atoms with E-state index in [0.717, 1.165) is 17.4 Å². The van der Waals surface area contributed by atoms with Gasteiger partial charge >= 0.3 is 11.7 Å². The molecule has 1 aromatic carbocycles. The van der Waals surface area contributed by atoms with Gasteiger partial charge in [0.05, 0.1) is 22.5 Å². The minimum Gasteiger partial charge on any atom is -0.481 e. The number of aryl methyl sites for hydroxylation is 2. The van der Waals surface area contributed by atoms with Crippen molar-refractivity contribution in [1.29, 1.82) is 0 Å². The first-order valence-electron chi connectivity index (χ1n) is 10.7. The minimum atomic E-state index is -0.750. The van der Waals surface area contributed by atoms with Crippen molar-refractivity contribution in [2.75, 3.05) is 11.9 Å². The summed E-state index contributed by atoms with van der Waals surface area (Å²) in [6.07, 6.45) is 3.13. The zero-order valence-electron chi connectivity index (χ0n) is 18.3. The van der Waals surface area contributed by atoms with Crippen LogP contribution in [0.1, 0.15) is 31.2 Å². The van der Waals surface area contributed by atoms with Crippen LogP contribution < -0.4 is 16.6 Å². The number of benzene rings is 1. The van der Waals surface area contributed by atoms with Gasteiger partial charge in [-0.2, -0.15) is 4.98 Å². The van der Waals surface area contributed by atoms with E-state index in [0.29, 0.717) is 46.5 Å². The lowest BCUT2D eigenvalue weighted by Crippen LogP contribution is -2.39. The van der Waals surface area contributed by atoms with Gasteiger partial charge in [0.25, 0.3) is 5.56 Å². The number of hydrogen-bond acceptors (Lipinski definition) is 5. The fraction of sp³-hybridized carbons (Fsp3) is 0.455. The van der Waals surface area contributed by atoms with Gasteiger partial charge in [0.1, 0.15) is 0 Å². The fourth-order valence-electron chi connectivity index (χ4n) is 4.50. The highest BCUT2D eigenvalue weighted by Crippen LogP contribution is 2.29. The van der Waals surface area contributed by atoms with Gasteiger partial charge in [-0.05, 0) is 42.9 Å². The van der Waals surface area contributed by atoms with Gasteiger partial charge in [-0.25, -0.2) is 4.79 Å². The van der Waals surface area contributed by atoms with Crippen LogP contribution in [0.25, 0.3) is 11.2 Å². The van der Waals surface area contributed by atoms with Crippen molar-refractivity contribution in [3.05, 3.63) is 54.6 Å². The number of carboxylic acids is 1. The van der Waals surface area contributed by atoms with E-state index in [4.69, 9.17) is 23.2 Å². The lowest BCUT2D eigenvalue weighted by Gasteiger charge is -2.26. The molecule has 0 saturated heterocycles. The third kappa shape index (κ3) is 4.52. The van der Waals surface area contributed by atoms with Gasteiger partial charge in [0.2, 0.25) is 5.95 Å². The minimum absolute atomic E-state index is 0.0466. The van der Waals surface area contributed by atoms with Crippen molar-refractivity contribution in [2.45, 2.75) is 32.2 Å². The summed E-state index contributed by atoms with van der Waals surface area (Å²) < 4.78 is 4.13. The molecule has 0 aliphatic heterocycles. The Morgan fingerprint density at radius 3 is 2.64 bits per heavy atom. The highest BCUT2D eigenvalue weighted by atomic mass is 35.5. The number of aromatic nitrogens is 4. The number of carbonyl (C=O) groups is 1. The van der Waals surface area contributed by atoms with Crippen molar-refractivity contribution in [3.8, 4) is 0 Å². The number of imidazole rings is 1. The van der Waals surface area contributed by atoms with Crippen molar-refractivity contribution in [3.63, 3.8) is 0 Å². The number of fused-ring (bicyclic) bond motifs is 1. The summed E-state index contributed by atoms with van der Waals surface area (Å²) in [5.74, 6) is -0.406. The summed E-state index contributed by atoms with van der Waals surface area (Å²) >= 11 is 12.1. The highest BCUT2D eigenvalue weighted by Gasteiger charge is 2.27. The molecule has 2 atom stereocenters. The van der Waals surface area contributed by atoms with E-state index in [9.17, 15) is 19.5 Å². The molecule has 1 fully saturated rings. The van der Waals surface area contributed by atoms with E-state index in [1.807, 2.05) is 0 Å². The molecule has 2 N–H and O–H groups in total. The SMILES string of the molecule is Cn1c(NCC2CCC[C@@H](C(=O)O)C2)nc2c1c(=O)n(Cc1ccc(Cl)c(Cl)c1)c(=O)n2C. The Morgan fingerprint density at radius 2 is 1.94 bits per heavy atom. The summed E-state index contributed by atoms with van der Waals surface area (Å²) in [7, 11) is 3.29. The van der Waals surface area contributed by atoms with Crippen LogP contribution in [0.5, 0.6) is 0 Å². The first-order valence-corrected chi connectivity index (χ1v) is 11.5. The molecule has 1 unspecified atom stereocenters. The summed E-state index contributed by atoms with van der Waals surface area (Å²) in [5.41, 5.74) is 0.318. The topological polar surface area (TPSA) is 111 Å². The van der Waals surface area contributed by atoms with Crippen molar-refractivity contribution < 1.29 is 9.90 Å². The van der Waals surface area contributed by atoms with E-state index in [2.05, 4.69) is 10.3 Å². The maximum atomic E-state index is 13.3. The van der Waals surface area contributed by atoms with Crippen LogP contribution in [-0.2, 0) is 25.4 Å². The third-order valence-electron chi connectivity index (χ3n) is 6.37. The van der Waals surface area contributed by atoms with Crippen LogP contribution in [0.15, 0.2) is 27.8 Å². The van der Waals surface area contributed by atoms with Gasteiger partial charge in [-0.1, -0.05) is 35.7 Å². The Morgan fingerprint density at radius 1 is 1.18 bits per heavy atom. The molecule has 1 saturated carbocycles. The molecule has 176 valence electrons. The summed E-state index contributed by atoms with van der Waals surface area (Å²) in [6, 6.07) is 4.97. The van der Waals surface area contributed by atoms with E-state index in [1.165, 1.54) is 4.57 Å². The van der Waals surface area contributed by atoms with Gasteiger partial charge in [0.15, 0.2) is 11.2 Å². The Bertz CT molecular complexity index is 1340. The average molecular weight is 494 g/mol. The van der Waals surface area contributed by atoms with Crippen LogP contribution in [0.2, 0.25) is 10.0 Å². The second kappa shape index (κ2) is 9.23. The number of hydrogen-bond donors (Lipinski definition) is 2. The summed E-state index contributed by atoms with van der Waals surface area (Å²) in [5, 5.41) is 13.3. The molecule has 2 aromatic heterocycles. The van der Waals surface area contributed by atoms with Crippen LogP contribution in [-0.4, -0.2) is 36.3 Å². The zero-order chi connectivity index (χ0) is 23.9. The number of carboxylic acid groups (broad SMARTS) is 1. The van der Waals surface area contributed by atoms with Crippen molar-refractivity contribution >= 4 is 46.3 Å². The maximum absolute atomic E-state index is 13.3. The number of rotatable bonds is 6. The Hall–Kier alpha value is -2.78. The van der Waals surface area contributed by atoms with Gasteiger partial charge in [-0.3, -0.25) is 18.7 Å². The van der Waals surface area contributed by atoms with Gasteiger partial charge in [-0.15, -0.1) is 0 Å². The smallest absolute Gasteiger partial charge is 0.332 e. The van der Waals surface area contributed by atoms with Crippen LogP contribution in [0.4, 0.5) is 5.95 Å². The fourth-order valence-corrected chi connectivity index (χ4v) is 4.82. The molecule has 0 spiro atoms. The number of anilines is 1. The summed E-state index contributed by atoms with van der Waals surface area (Å²) in [4.78, 5) is 42.0. The van der Waals surface area contributed by atoms with Crippen molar-refractivity contribution in [2.24, 2.45) is 25.9 Å². The number of halogens is 2. The highest BCUT2D eigenvalue weighted by molar-refractivity contribution is 6.42. The van der Waals surface area contributed by atoms with Crippen LogP contribution >= 0.6 is 23.2 Å². The predicted octanol–water partition coefficient (Wildman–Crippen LogP) is 3.09. The molecule has 3 aromatic rings. The predicted molar refractivity (Wildman–Crippen MR) is 127 cm³/mol. The normalized spacial score (nSPS) is 18.5. The molecule has 0 bridgehead atoms.